The molecule has 2 N–H and O–H groups in total. The Bertz CT molecular complexity index is 256. The monoisotopic (exact) mass is 234 g/mol. The fraction of sp³-hybridized carbons (Fsp3) is 1.00. The summed E-state index contributed by atoms with van der Waals surface area (Å²) in [4.78, 5) is 0. The first kappa shape index (κ1) is 12.2. The molecule has 0 aliphatic carbocycles. The first-order valence-corrected chi connectivity index (χ1v) is 5.31. The predicted octanol–water partition coefficient (Wildman–Crippen LogP) is -0.769. The zero-order valence-electron chi connectivity index (χ0n) is 9.62. The number of rotatable bonds is 2. The molecule has 16 heavy (non-hydrogen) atoms. The highest BCUT2D eigenvalue weighted by Crippen LogP contribution is 2.37. The number of hydrogen-bond acceptors (Lipinski definition) is 6. The molecule has 2 aliphatic heterocycles. The van der Waals surface area contributed by atoms with Gasteiger partial charge in [0.25, 0.3) is 0 Å². The number of fused-ring (bicyclic) bond motifs is 1. The molecule has 6 heteroatoms. The van der Waals surface area contributed by atoms with E-state index in [-0.39, 0.29) is 6.61 Å². The van der Waals surface area contributed by atoms with Crippen LogP contribution in [0.1, 0.15) is 13.8 Å². The van der Waals surface area contributed by atoms with Gasteiger partial charge in [-0.05, 0) is 13.8 Å². The minimum Gasteiger partial charge on any atom is -0.394 e. The lowest BCUT2D eigenvalue weighted by atomic mass is 9.99. The van der Waals surface area contributed by atoms with E-state index in [0.717, 1.165) is 0 Å². The molecular weight excluding hydrogens is 216 g/mol. The number of ether oxygens (including phenoxy) is 4. The number of aliphatic hydroxyl groups excluding tert-OH is 2. The molecule has 2 heterocycles. The van der Waals surface area contributed by atoms with E-state index in [1.54, 1.807) is 13.8 Å². The van der Waals surface area contributed by atoms with Gasteiger partial charge < -0.3 is 29.2 Å². The number of methoxy groups -OCH3 is 1. The second-order valence-corrected chi connectivity index (χ2v) is 4.52. The average Bonchev–Trinajstić information content (AvgIpc) is 2.55. The molecule has 94 valence electrons. The van der Waals surface area contributed by atoms with Crippen LogP contribution in [-0.4, -0.2) is 60.4 Å². The van der Waals surface area contributed by atoms with E-state index in [0.29, 0.717) is 0 Å². The van der Waals surface area contributed by atoms with Gasteiger partial charge in [0.2, 0.25) is 0 Å². The van der Waals surface area contributed by atoms with Gasteiger partial charge in [-0.25, -0.2) is 0 Å². The molecule has 5 atom stereocenters. The molecule has 2 rings (SSSR count). The van der Waals surface area contributed by atoms with Crippen molar-refractivity contribution in [3.8, 4) is 0 Å². The summed E-state index contributed by atoms with van der Waals surface area (Å²) in [7, 11) is 1.49. The Labute approximate surface area is 94.1 Å². The Balaban J connectivity index is 2.18. The van der Waals surface area contributed by atoms with Gasteiger partial charge in [-0.1, -0.05) is 0 Å². The summed E-state index contributed by atoms with van der Waals surface area (Å²) in [5.74, 6) is -0.777. The summed E-state index contributed by atoms with van der Waals surface area (Å²) in [5, 5.41) is 19.0. The number of hydrogen-bond donors (Lipinski definition) is 2. The van der Waals surface area contributed by atoms with E-state index in [2.05, 4.69) is 0 Å². The summed E-state index contributed by atoms with van der Waals surface area (Å²) in [6.45, 7) is 3.24. The molecule has 0 aromatic heterocycles. The van der Waals surface area contributed by atoms with Crippen molar-refractivity contribution < 1.29 is 29.2 Å². The van der Waals surface area contributed by atoms with Crippen molar-refractivity contribution in [1.82, 2.24) is 0 Å². The van der Waals surface area contributed by atoms with Crippen molar-refractivity contribution >= 4 is 0 Å². The van der Waals surface area contributed by atoms with E-state index >= 15 is 0 Å². The van der Waals surface area contributed by atoms with E-state index in [4.69, 9.17) is 24.1 Å². The first-order valence-electron chi connectivity index (χ1n) is 5.31. The molecule has 0 aromatic carbocycles. The van der Waals surface area contributed by atoms with E-state index in [9.17, 15) is 5.11 Å². The van der Waals surface area contributed by atoms with E-state index in [1.807, 2.05) is 0 Å². The highest BCUT2D eigenvalue weighted by molar-refractivity contribution is 4.95. The van der Waals surface area contributed by atoms with Gasteiger partial charge in [-0.15, -0.1) is 0 Å². The Hall–Kier alpha value is -0.240. The lowest BCUT2D eigenvalue weighted by Crippen LogP contribution is -2.57. The molecule has 0 radical (unpaired) electrons. The maximum absolute atomic E-state index is 9.94. The van der Waals surface area contributed by atoms with Crippen LogP contribution in [0.25, 0.3) is 0 Å². The van der Waals surface area contributed by atoms with Crippen LogP contribution in [0, 0.1) is 0 Å². The minimum absolute atomic E-state index is 0.284. The summed E-state index contributed by atoms with van der Waals surface area (Å²) in [5.41, 5.74) is 0. The van der Waals surface area contributed by atoms with Crippen LogP contribution in [0.3, 0.4) is 0 Å². The topological polar surface area (TPSA) is 77.4 Å². The fourth-order valence-electron chi connectivity index (χ4n) is 2.17. The predicted molar refractivity (Wildman–Crippen MR) is 52.6 cm³/mol. The largest absolute Gasteiger partial charge is 0.394 e. The van der Waals surface area contributed by atoms with Crippen LogP contribution in [0.5, 0.6) is 0 Å². The van der Waals surface area contributed by atoms with Crippen LogP contribution >= 0.6 is 0 Å². The third-order valence-electron chi connectivity index (χ3n) is 2.87. The molecule has 0 amide bonds. The standard InChI is InChI=1S/C10H18O6/c1-10(2)15-7-6(12)5(4-11)14-9(13-3)8(7)16-10/h5-9,11-12H,4H2,1-3H3/t5?,6-,7?,8?,9+/m0/s1. The first-order chi connectivity index (χ1) is 7.48. The van der Waals surface area contributed by atoms with Gasteiger partial charge in [-0.2, -0.15) is 0 Å². The van der Waals surface area contributed by atoms with E-state index in [1.165, 1.54) is 7.11 Å². The van der Waals surface area contributed by atoms with Gasteiger partial charge in [0.05, 0.1) is 6.61 Å². The maximum Gasteiger partial charge on any atom is 0.186 e. The Morgan fingerprint density at radius 2 is 1.88 bits per heavy atom. The van der Waals surface area contributed by atoms with Crippen molar-refractivity contribution in [3.05, 3.63) is 0 Å². The number of aliphatic hydroxyl groups is 2. The van der Waals surface area contributed by atoms with Crippen LogP contribution < -0.4 is 0 Å². The zero-order chi connectivity index (χ0) is 11.9. The average molecular weight is 234 g/mol. The SMILES string of the molecule is CO[C@@H]1OC(CO)[C@H](O)C2OC(C)(C)OC21. The van der Waals surface area contributed by atoms with Crippen LogP contribution in [0.2, 0.25) is 0 Å². The van der Waals surface area contributed by atoms with Gasteiger partial charge >= 0.3 is 0 Å². The third kappa shape index (κ3) is 1.97. The lowest BCUT2D eigenvalue weighted by molar-refractivity contribution is -0.272. The summed E-state index contributed by atoms with van der Waals surface area (Å²) in [6.07, 6.45) is -3.26. The molecule has 2 saturated heterocycles. The van der Waals surface area contributed by atoms with Crippen LogP contribution in [0.15, 0.2) is 0 Å². The lowest BCUT2D eigenvalue weighted by Gasteiger charge is -2.38. The second-order valence-electron chi connectivity index (χ2n) is 4.52. The van der Waals surface area contributed by atoms with Gasteiger partial charge in [0.15, 0.2) is 12.1 Å². The van der Waals surface area contributed by atoms with Crippen molar-refractivity contribution in [2.24, 2.45) is 0 Å². The Morgan fingerprint density at radius 3 is 2.44 bits per heavy atom. The summed E-state index contributed by atoms with van der Waals surface area (Å²) < 4.78 is 21.7. The van der Waals surface area contributed by atoms with Gasteiger partial charge in [0, 0.05) is 7.11 Å². The van der Waals surface area contributed by atoms with Gasteiger partial charge in [0.1, 0.15) is 24.4 Å². The minimum atomic E-state index is -0.914. The quantitative estimate of drug-likeness (QED) is 0.653. The second kappa shape index (κ2) is 4.21. The van der Waals surface area contributed by atoms with Gasteiger partial charge in [-0.3, -0.25) is 0 Å². The molecule has 0 bridgehead atoms. The Kier molecular flexibility index (Phi) is 3.22. The zero-order valence-corrected chi connectivity index (χ0v) is 9.62. The molecule has 3 unspecified atom stereocenters. The molecule has 2 fully saturated rings. The van der Waals surface area contributed by atoms with Crippen molar-refractivity contribution in [2.75, 3.05) is 13.7 Å². The van der Waals surface area contributed by atoms with Crippen molar-refractivity contribution in [3.63, 3.8) is 0 Å². The molecular formula is C10H18O6. The molecule has 6 nitrogen and oxygen atoms in total. The fourth-order valence-corrected chi connectivity index (χ4v) is 2.17. The summed E-state index contributed by atoms with van der Waals surface area (Å²) >= 11 is 0. The van der Waals surface area contributed by atoms with E-state index < -0.39 is 36.5 Å². The highest BCUT2D eigenvalue weighted by Gasteiger charge is 2.54. The normalized spacial score (nSPS) is 46.7. The third-order valence-corrected chi connectivity index (χ3v) is 2.87. The summed E-state index contributed by atoms with van der Waals surface area (Å²) in [6, 6.07) is 0. The molecule has 0 aromatic rings. The van der Waals surface area contributed by atoms with Crippen LogP contribution in [0.4, 0.5) is 0 Å². The Morgan fingerprint density at radius 1 is 1.25 bits per heavy atom. The highest BCUT2D eigenvalue weighted by atomic mass is 16.8. The van der Waals surface area contributed by atoms with Crippen molar-refractivity contribution in [1.29, 1.82) is 0 Å². The molecule has 0 saturated carbocycles. The smallest absolute Gasteiger partial charge is 0.186 e. The van der Waals surface area contributed by atoms with Crippen molar-refractivity contribution in [2.45, 2.75) is 50.3 Å². The molecule has 0 spiro atoms. The molecule has 2 aliphatic rings. The maximum atomic E-state index is 9.94. The van der Waals surface area contributed by atoms with Crippen LogP contribution in [-0.2, 0) is 18.9 Å².